The smallest absolute Gasteiger partial charge is 0.197 e. The lowest BCUT2D eigenvalue weighted by atomic mass is 10.5. The Kier molecular flexibility index (Phi) is 1.89. The van der Waals surface area contributed by atoms with Gasteiger partial charge < -0.3 is 4.74 Å². The van der Waals surface area contributed by atoms with Gasteiger partial charge in [-0.2, -0.15) is 0 Å². The van der Waals surface area contributed by atoms with Gasteiger partial charge in [-0.3, -0.25) is 4.99 Å². The highest BCUT2D eigenvalue weighted by atomic mass is 79.9. The number of hydrogen-bond acceptors (Lipinski definition) is 2. The number of rotatable bonds is 1. The fourth-order valence-corrected chi connectivity index (χ4v) is 0.869. The molecule has 0 aromatic rings. The van der Waals surface area contributed by atoms with Crippen molar-refractivity contribution in [3.63, 3.8) is 0 Å². The highest BCUT2D eigenvalue weighted by Crippen LogP contribution is 2.06. The van der Waals surface area contributed by atoms with Crippen LogP contribution < -0.4 is 0 Å². The van der Waals surface area contributed by atoms with Gasteiger partial charge in [0.1, 0.15) is 6.61 Å². The Morgan fingerprint density at radius 1 is 1.88 bits per heavy atom. The molecule has 0 radical (unpaired) electrons. The van der Waals surface area contributed by atoms with Gasteiger partial charge in [0.05, 0.1) is 11.4 Å². The van der Waals surface area contributed by atoms with E-state index in [2.05, 4.69) is 20.9 Å². The van der Waals surface area contributed by atoms with Crippen molar-refractivity contribution in [2.45, 2.75) is 11.8 Å². The number of halogens is 1. The molecule has 0 aromatic carbocycles. The molecule has 0 fully saturated rings. The monoisotopic (exact) mass is 177 g/mol. The summed E-state index contributed by atoms with van der Waals surface area (Å²) in [5.74, 6) is 0.838. The normalized spacial score (nSPS) is 22.0. The van der Waals surface area contributed by atoms with Gasteiger partial charge in [-0.15, -0.1) is 0 Å². The first kappa shape index (κ1) is 6.08. The Morgan fingerprint density at radius 3 is 2.88 bits per heavy atom. The Hall–Kier alpha value is -0.0500. The van der Waals surface area contributed by atoms with Gasteiger partial charge in [-0.05, 0) is 6.92 Å². The fraction of sp³-hybridized carbons (Fsp3) is 0.800. The maximum Gasteiger partial charge on any atom is 0.197 e. The summed E-state index contributed by atoms with van der Waals surface area (Å²) in [6.45, 7) is 3.58. The molecule has 1 heterocycles. The lowest BCUT2D eigenvalue weighted by Crippen LogP contribution is -2.09. The lowest BCUT2D eigenvalue weighted by molar-refractivity contribution is 0.341. The van der Waals surface area contributed by atoms with Crippen molar-refractivity contribution in [3.8, 4) is 0 Å². The topological polar surface area (TPSA) is 21.6 Å². The largest absolute Gasteiger partial charge is 0.478 e. The zero-order valence-corrected chi connectivity index (χ0v) is 6.31. The molecule has 0 aromatic heterocycles. The van der Waals surface area contributed by atoms with Crippen molar-refractivity contribution < 1.29 is 4.74 Å². The minimum absolute atomic E-state index is 0.282. The van der Waals surface area contributed by atoms with Crippen molar-refractivity contribution in [2.75, 3.05) is 13.2 Å². The van der Waals surface area contributed by atoms with Crippen molar-refractivity contribution in [3.05, 3.63) is 0 Å². The molecular formula is C5H8BrNO. The van der Waals surface area contributed by atoms with E-state index in [9.17, 15) is 0 Å². The molecule has 0 bridgehead atoms. The first-order valence-electron chi connectivity index (χ1n) is 2.62. The molecule has 1 unspecified atom stereocenters. The third kappa shape index (κ3) is 1.22. The standard InChI is InChI=1S/C5H8BrNO/c1-4(6)5-7-2-3-8-5/h4H,2-3H2,1H3. The first-order chi connectivity index (χ1) is 3.80. The third-order valence-corrected chi connectivity index (χ3v) is 1.34. The Labute approximate surface area is 57.1 Å². The summed E-state index contributed by atoms with van der Waals surface area (Å²) in [5, 5.41) is 0. The molecule has 0 N–H and O–H groups in total. The summed E-state index contributed by atoms with van der Waals surface area (Å²) in [6, 6.07) is 0. The van der Waals surface area contributed by atoms with Crippen LogP contribution in [0.4, 0.5) is 0 Å². The van der Waals surface area contributed by atoms with Crippen molar-refractivity contribution in [1.29, 1.82) is 0 Å². The number of ether oxygens (including phenoxy) is 1. The van der Waals surface area contributed by atoms with Crippen LogP contribution in [0.2, 0.25) is 0 Å². The molecule has 1 aliphatic rings. The van der Waals surface area contributed by atoms with Gasteiger partial charge in [0.15, 0.2) is 5.90 Å². The summed E-state index contributed by atoms with van der Waals surface area (Å²) in [4.78, 5) is 4.37. The third-order valence-electron chi connectivity index (χ3n) is 0.949. The van der Waals surface area contributed by atoms with E-state index in [1.807, 2.05) is 6.92 Å². The van der Waals surface area contributed by atoms with Crippen molar-refractivity contribution in [2.24, 2.45) is 4.99 Å². The van der Waals surface area contributed by atoms with Crippen LogP contribution in [0.1, 0.15) is 6.92 Å². The van der Waals surface area contributed by atoms with E-state index in [1.54, 1.807) is 0 Å². The molecule has 1 rings (SSSR count). The highest BCUT2D eigenvalue weighted by Gasteiger charge is 2.11. The molecule has 2 nitrogen and oxygen atoms in total. The van der Waals surface area contributed by atoms with E-state index < -0.39 is 0 Å². The zero-order chi connectivity index (χ0) is 5.98. The molecule has 46 valence electrons. The van der Waals surface area contributed by atoms with Gasteiger partial charge >= 0.3 is 0 Å². The van der Waals surface area contributed by atoms with Crippen LogP contribution in [0.3, 0.4) is 0 Å². The molecule has 8 heavy (non-hydrogen) atoms. The Bertz CT molecular complexity index is 111. The average molecular weight is 178 g/mol. The van der Waals surface area contributed by atoms with Gasteiger partial charge in [-0.25, -0.2) is 0 Å². The van der Waals surface area contributed by atoms with E-state index in [0.29, 0.717) is 0 Å². The summed E-state index contributed by atoms with van der Waals surface area (Å²) >= 11 is 3.35. The second-order valence-electron chi connectivity index (χ2n) is 1.68. The van der Waals surface area contributed by atoms with Crippen LogP contribution in [-0.4, -0.2) is 23.9 Å². The maximum atomic E-state index is 5.12. The molecule has 0 saturated carbocycles. The molecule has 1 atom stereocenters. The highest BCUT2D eigenvalue weighted by molar-refractivity contribution is 9.10. The Balaban J connectivity index is 2.45. The van der Waals surface area contributed by atoms with Gasteiger partial charge in [0.2, 0.25) is 0 Å². The average Bonchev–Trinajstić information content (AvgIpc) is 2.12. The summed E-state index contributed by atoms with van der Waals surface area (Å²) in [6.07, 6.45) is 0. The quantitative estimate of drug-likeness (QED) is 0.552. The molecule has 0 aliphatic carbocycles. The number of alkyl halides is 1. The number of aliphatic imine (C=N–C) groups is 1. The summed E-state index contributed by atoms with van der Waals surface area (Å²) < 4.78 is 5.12. The fourth-order valence-electron chi connectivity index (χ4n) is 0.592. The molecule has 0 amide bonds. The Morgan fingerprint density at radius 2 is 2.62 bits per heavy atom. The lowest BCUT2D eigenvalue weighted by Gasteiger charge is -2.00. The van der Waals surface area contributed by atoms with Gasteiger partial charge in [0.25, 0.3) is 0 Å². The van der Waals surface area contributed by atoms with E-state index in [-0.39, 0.29) is 4.83 Å². The van der Waals surface area contributed by atoms with Crippen LogP contribution in [-0.2, 0) is 4.74 Å². The molecular weight excluding hydrogens is 170 g/mol. The predicted octanol–water partition coefficient (Wildman–Crippen LogP) is 1.20. The van der Waals surface area contributed by atoms with Crippen LogP contribution >= 0.6 is 15.9 Å². The first-order valence-corrected chi connectivity index (χ1v) is 3.53. The van der Waals surface area contributed by atoms with Crippen molar-refractivity contribution >= 4 is 21.8 Å². The van der Waals surface area contributed by atoms with Crippen LogP contribution in [0.5, 0.6) is 0 Å². The summed E-state index contributed by atoms with van der Waals surface area (Å²) in [5.41, 5.74) is 0. The SMILES string of the molecule is CC(Br)C1=NCCO1. The maximum absolute atomic E-state index is 5.12. The second-order valence-corrected chi connectivity index (χ2v) is 3.06. The van der Waals surface area contributed by atoms with E-state index in [4.69, 9.17) is 4.74 Å². The van der Waals surface area contributed by atoms with E-state index in [0.717, 1.165) is 19.0 Å². The van der Waals surface area contributed by atoms with Gasteiger partial charge in [-0.1, -0.05) is 15.9 Å². The summed E-state index contributed by atoms with van der Waals surface area (Å²) in [7, 11) is 0. The zero-order valence-electron chi connectivity index (χ0n) is 4.72. The molecule has 0 saturated heterocycles. The van der Waals surface area contributed by atoms with E-state index in [1.165, 1.54) is 0 Å². The van der Waals surface area contributed by atoms with Crippen LogP contribution in [0.25, 0.3) is 0 Å². The van der Waals surface area contributed by atoms with E-state index >= 15 is 0 Å². The molecule has 3 heteroatoms. The number of nitrogens with zero attached hydrogens (tertiary/aromatic N) is 1. The van der Waals surface area contributed by atoms with Crippen molar-refractivity contribution in [1.82, 2.24) is 0 Å². The minimum atomic E-state index is 0.282. The van der Waals surface area contributed by atoms with Gasteiger partial charge in [0, 0.05) is 0 Å². The molecule has 1 aliphatic heterocycles. The van der Waals surface area contributed by atoms with Crippen LogP contribution in [0, 0.1) is 0 Å². The number of hydrogen-bond donors (Lipinski definition) is 0. The van der Waals surface area contributed by atoms with Crippen LogP contribution in [0.15, 0.2) is 4.99 Å². The second kappa shape index (κ2) is 2.49. The minimum Gasteiger partial charge on any atom is -0.478 e. The molecule has 0 spiro atoms. The predicted molar refractivity (Wildman–Crippen MR) is 36.6 cm³/mol.